The summed E-state index contributed by atoms with van der Waals surface area (Å²) in [5.74, 6) is -0.177. The highest BCUT2D eigenvalue weighted by molar-refractivity contribution is 5.85. The third-order valence-electron chi connectivity index (χ3n) is 7.87. The minimum atomic E-state index is -0.746. The number of aromatic nitrogens is 1. The summed E-state index contributed by atoms with van der Waals surface area (Å²) in [5, 5.41) is 16.9. The van der Waals surface area contributed by atoms with Crippen molar-refractivity contribution in [2.24, 2.45) is 0 Å². The molecule has 0 aliphatic heterocycles. The van der Waals surface area contributed by atoms with E-state index in [9.17, 15) is 14.7 Å². The molecule has 2 N–H and O–H groups in total. The topological polar surface area (TPSA) is 92.4 Å². The molecule has 6 rings (SSSR count). The molecule has 0 bridgehead atoms. The van der Waals surface area contributed by atoms with Crippen LogP contribution in [0.1, 0.15) is 53.3 Å². The predicted molar refractivity (Wildman–Crippen MR) is 140 cm³/mol. The molecule has 3 aromatic carbocycles. The molecular weight excluding hydrogens is 464 g/mol. The summed E-state index contributed by atoms with van der Waals surface area (Å²) >= 11 is 0. The van der Waals surface area contributed by atoms with Crippen LogP contribution in [0.3, 0.4) is 0 Å². The van der Waals surface area contributed by atoms with Crippen LogP contribution in [-0.4, -0.2) is 22.1 Å². The van der Waals surface area contributed by atoms with Crippen LogP contribution in [0.25, 0.3) is 22.5 Å². The van der Waals surface area contributed by atoms with Crippen molar-refractivity contribution in [3.63, 3.8) is 0 Å². The van der Waals surface area contributed by atoms with Gasteiger partial charge in [-0.2, -0.15) is 0 Å². The van der Waals surface area contributed by atoms with Gasteiger partial charge in [-0.25, -0.2) is 0 Å². The Morgan fingerprint density at radius 3 is 2.30 bits per heavy atom. The lowest BCUT2D eigenvalue weighted by molar-refractivity contribution is -0.140. The molecule has 0 unspecified atom stereocenters. The number of nitrogens with one attached hydrogen (secondary N) is 1. The van der Waals surface area contributed by atoms with Crippen molar-refractivity contribution in [3.05, 3.63) is 101 Å². The van der Waals surface area contributed by atoms with Crippen LogP contribution in [-0.2, 0) is 27.8 Å². The number of aryl methyl sites for hydroxylation is 2. The van der Waals surface area contributed by atoms with Gasteiger partial charge < -0.3 is 14.9 Å². The lowest BCUT2D eigenvalue weighted by Crippen LogP contribution is -2.28. The van der Waals surface area contributed by atoms with Gasteiger partial charge in [-0.05, 0) is 60.4 Å². The van der Waals surface area contributed by atoms with Crippen molar-refractivity contribution in [2.45, 2.75) is 50.5 Å². The molecule has 1 amide bonds. The third-order valence-corrected chi connectivity index (χ3v) is 7.87. The summed E-state index contributed by atoms with van der Waals surface area (Å²) in [7, 11) is 0. The Morgan fingerprint density at radius 1 is 0.973 bits per heavy atom. The second kappa shape index (κ2) is 9.04. The molecule has 0 saturated heterocycles. The Kier molecular flexibility index (Phi) is 5.67. The van der Waals surface area contributed by atoms with Gasteiger partial charge in [-0.15, -0.1) is 0 Å². The molecular formula is C31H28N2O4. The summed E-state index contributed by atoms with van der Waals surface area (Å²) in [4.78, 5) is 24.6. The minimum Gasteiger partial charge on any atom is -0.481 e. The van der Waals surface area contributed by atoms with Gasteiger partial charge in [0.05, 0.1) is 23.6 Å². The van der Waals surface area contributed by atoms with Crippen LogP contribution in [0, 0.1) is 6.92 Å². The van der Waals surface area contributed by atoms with Crippen molar-refractivity contribution in [1.82, 2.24) is 10.5 Å². The van der Waals surface area contributed by atoms with Crippen LogP contribution in [0.5, 0.6) is 0 Å². The van der Waals surface area contributed by atoms with Gasteiger partial charge in [0.1, 0.15) is 0 Å². The van der Waals surface area contributed by atoms with E-state index in [4.69, 9.17) is 4.52 Å². The monoisotopic (exact) mass is 492 g/mol. The summed E-state index contributed by atoms with van der Waals surface area (Å²) in [6.45, 7) is 1.86. The smallest absolute Gasteiger partial charge is 0.314 e. The molecule has 1 fully saturated rings. The largest absolute Gasteiger partial charge is 0.481 e. The SMILES string of the molecule is Cc1noc(-c2ccc(-c3ccc(C4(C(=O)O)CC4)cc3)cc2)c1CC(=O)N[C@@H]1CCc2ccccc21. The number of fused-ring (bicyclic) bond motifs is 1. The molecule has 0 spiro atoms. The van der Waals surface area contributed by atoms with Gasteiger partial charge in [0, 0.05) is 11.1 Å². The number of amides is 1. The Bertz CT molecular complexity index is 1480. The molecule has 1 atom stereocenters. The standard InChI is InChI=1S/C31H28N2O4/c1-19-26(18-28(34)32-27-15-12-22-4-2-3-5-25(22)27)29(37-33-19)23-8-6-20(7-9-23)21-10-13-24(14-11-21)31(16-17-31)30(35)36/h2-11,13-14,27H,12,15-18H2,1H3,(H,32,34)(H,35,36)/t27-/m1/s1. The molecule has 2 aliphatic rings. The van der Waals surface area contributed by atoms with Crippen molar-refractivity contribution >= 4 is 11.9 Å². The van der Waals surface area contributed by atoms with Crippen LogP contribution >= 0.6 is 0 Å². The summed E-state index contributed by atoms with van der Waals surface area (Å²) in [6.07, 6.45) is 3.49. The number of hydrogen-bond donors (Lipinski definition) is 2. The Balaban J connectivity index is 1.17. The molecule has 37 heavy (non-hydrogen) atoms. The van der Waals surface area contributed by atoms with Gasteiger partial charge in [0.2, 0.25) is 5.91 Å². The first kappa shape index (κ1) is 23.2. The second-order valence-electron chi connectivity index (χ2n) is 10.2. The first-order chi connectivity index (χ1) is 17.9. The van der Waals surface area contributed by atoms with Crippen LogP contribution in [0.2, 0.25) is 0 Å². The zero-order valence-corrected chi connectivity index (χ0v) is 20.7. The fourth-order valence-corrected chi connectivity index (χ4v) is 5.48. The van der Waals surface area contributed by atoms with E-state index in [2.05, 4.69) is 22.6 Å². The van der Waals surface area contributed by atoms with E-state index in [-0.39, 0.29) is 18.4 Å². The Labute approximate surface area is 215 Å². The average molecular weight is 493 g/mol. The van der Waals surface area contributed by atoms with Crippen LogP contribution in [0.15, 0.2) is 77.3 Å². The third kappa shape index (κ3) is 4.22. The quantitative estimate of drug-likeness (QED) is 0.341. The number of benzene rings is 3. The lowest BCUT2D eigenvalue weighted by atomic mass is 9.93. The van der Waals surface area contributed by atoms with Gasteiger partial charge >= 0.3 is 5.97 Å². The fraction of sp³-hybridized carbons (Fsp3) is 0.258. The molecule has 6 nitrogen and oxygen atoms in total. The second-order valence-corrected chi connectivity index (χ2v) is 10.2. The molecule has 4 aromatic rings. The number of rotatable bonds is 7. The zero-order chi connectivity index (χ0) is 25.6. The highest BCUT2D eigenvalue weighted by Crippen LogP contribution is 2.48. The number of carboxylic acid groups (broad SMARTS) is 1. The normalized spacial score (nSPS) is 17.3. The van der Waals surface area contributed by atoms with Crippen molar-refractivity contribution in [2.75, 3.05) is 0 Å². The highest BCUT2D eigenvalue weighted by atomic mass is 16.5. The van der Waals surface area contributed by atoms with E-state index in [1.54, 1.807) is 0 Å². The zero-order valence-electron chi connectivity index (χ0n) is 20.7. The molecule has 2 aliphatic carbocycles. The van der Waals surface area contributed by atoms with Gasteiger partial charge in [-0.3, -0.25) is 9.59 Å². The number of hydrogen-bond acceptors (Lipinski definition) is 4. The Hall–Kier alpha value is -4.19. The molecule has 186 valence electrons. The van der Waals surface area contributed by atoms with E-state index in [0.29, 0.717) is 24.3 Å². The van der Waals surface area contributed by atoms with Crippen molar-refractivity contribution < 1.29 is 19.2 Å². The van der Waals surface area contributed by atoms with E-state index >= 15 is 0 Å². The predicted octanol–water partition coefficient (Wildman–Crippen LogP) is 5.78. The number of aliphatic carboxylic acids is 1. The fourth-order valence-electron chi connectivity index (χ4n) is 5.48. The van der Waals surface area contributed by atoms with Gasteiger partial charge in [-0.1, -0.05) is 78.0 Å². The van der Waals surface area contributed by atoms with Crippen molar-refractivity contribution in [1.29, 1.82) is 0 Å². The molecule has 0 radical (unpaired) electrons. The van der Waals surface area contributed by atoms with Gasteiger partial charge in [0.15, 0.2) is 5.76 Å². The Morgan fingerprint density at radius 2 is 1.62 bits per heavy atom. The summed E-state index contributed by atoms with van der Waals surface area (Å²) < 4.78 is 5.65. The van der Waals surface area contributed by atoms with E-state index in [1.165, 1.54) is 11.1 Å². The van der Waals surface area contributed by atoms with E-state index < -0.39 is 11.4 Å². The highest BCUT2D eigenvalue weighted by Gasteiger charge is 2.51. The maximum atomic E-state index is 13.0. The number of carbonyl (C=O) groups excluding carboxylic acids is 1. The molecule has 1 heterocycles. The number of carboxylic acids is 1. The summed E-state index contributed by atoms with van der Waals surface area (Å²) in [5.41, 5.74) is 7.08. The van der Waals surface area contributed by atoms with Crippen molar-refractivity contribution in [3.8, 4) is 22.5 Å². The number of nitrogens with zero attached hydrogens (tertiary/aromatic N) is 1. The van der Waals surface area contributed by atoms with E-state index in [0.717, 1.165) is 40.7 Å². The lowest BCUT2D eigenvalue weighted by Gasteiger charge is -2.14. The minimum absolute atomic E-state index is 0.0410. The first-order valence-electron chi connectivity index (χ1n) is 12.7. The first-order valence-corrected chi connectivity index (χ1v) is 12.7. The van der Waals surface area contributed by atoms with Crippen LogP contribution < -0.4 is 5.32 Å². The maximum absolute atomic E-state index is 13.0. The van der Waals surface area contributed by atoms with E-state index in [1.807, 2.05) is 67.6 Å². The molecule has 6 heteroatoms. The number of carbonyl (C=O) groups is 2. The van der Waals surface area contributed by atoms with Gasteiger partial charge in [0.25, 0.3) is 0 Å². The molecule has 1 saturated carbocycles. The summed E-state index contributed by atoms with van der Waals surface area (Å²) in [6, 6.07) is 24.1. The van der Waals surface area contributed by atoms with Crippen LogP contribution in [0.4, 0.5) is 0 Å². The average Bonchev–Trinajstić information content (AvgIpc) is 3.54. The maximum Gasteiger partial charge on any atom is 0.314 e. The molecule has 1 aromatic heterocycles.